The second-order valence-electron chi connectivity index (χ2n) is 9.61. The predicted molar refractivity (Wildman–Crippen MR) is 131 cm³/mol. The van der Waals surface area contributed by atoms with Gasteiger partial charge in [0.2, 0.25) is 0 Å². The summed E-state index contributed by atoms with van der Waals surface area (Å²) in [7, 11) is 0. The van der Waals surface area contributed by atoms with E-state index in [4.69, 9.17) is 9.47 Å². The van der Waals surface area contributed by atoms with Crippen molar-refractivity contribution in [1.82, 2.24) is 4.90 Å². The van der Waals surface area contributed by atoms with Crippen molar-refractivity contribution >= 4 is 21.9 Å². The van der Waals surface area contributed by atoms with Crippen LogP contribution in [-0.4, -0.2) is 37.1 Å². The van der Waals surface area contributed by atoms with Crippen molar-refractivity contribution in [2.24, 2.45) is 5.92 Å². The molecule has 172 valence electrons. The summed E-state index contributed by atoms with van der Waals surface area (Å²) < 4.78 is 12.9. The summed E-state index contributed by atoms with van der Waals surface area (Å²) in [6.07, 6.45) is 3.54. The molecule has 0 saturated carbocycles. The Balaban J connectivity index is 1.57. The molecule has 1 aliphatic heterocycles. The van der Waals surface area contributed by atoms with E-state index < -0.39 is 0 Å². The number of hydrogen-bond acceptors (Lipinski definition) is 4. The number of likely N-dealkylation sites (tertiary alicyclic amines) is 1. The van der Waals surface area contributed by atoms with Gasteiger partial charge in [0.1, 0.15) is 11.9 Å². The number of halogens is 1. The molecule has 5 heteroatoms. The number of rotatable bonds is 7. The normalized spacial score (nSPS) is 19.8. The van der Waals surface area contributed by atoms with Crippen LogP contribution < -0.4 is 4.74 Å². The summed E-state index contributed by atoms with van der Waals surface area (Å²) in [6.45, 7) is 10.3. The number of para-hydroxylation sites is 1. The van der Waals surface area contributed by atoms with Crippen LogP contribution in [0.5, 0.6) is 5.75 Å². The molecule has 1 fully saturated rings. The number of ether oxygens (including phenoxy) is 2. The first-order valence-corrected chi connectivity index (χ1v) is 12.6. The number of fused-ring (bicyclic) bond motifs is 2. The van der Waals surface area contributed by atoms with Gasteiger partial charge in [-0.3, -0.25) is 4.79 Å². The molecule has 2 aliphatic rings. The summed E-state index contributed by atoms with van der Waals surface area (Å²) in [4.78, 5) is 14.7. The highest BCUT2D eigenvalue weighted by molar-refractivity contribution is 9.10. The number of nitrogens with zero attached hydrogens (tertiary/aromatic N) is 1. The number of hydrogen-bond donors (Lipinski definition) is 0. The van der Waals surface area contributed by atoms with E-state index in [9.17, 15) is 4.79 Å². The van der Waals surface area contributed by atoms with Crippen molar-refractivity contribution in [3.8, 4) is 5.75 Å². The van der Waals surface area contributed by atoms with Gasteiger partial charge < -0.3 is 14.4 Å². The molecule has 0 amide bonds. The van der Waals surface area contributed by atoms with Gasteiger partial charge >= 0.3 is 5.97 Å². The highest BCUT2D eigenvalue weighted by Gasteiger charge is 2.46. The average Bonchev–Trinajstić information content (AvgIpc) is 3.03. The van der Waals surface area contributed by atoms with Gasteiger partial charge in [-0.1, -0.05) is 54.0 Å². The van der Waals surface area contributed by atoms with Crippen LogP contribution >= 0.6 is 15.9 Å². The van der Waals surface area contributed by atoms with E-state index in [0.29, 0.717) is 12.5 Å². The topological polar surface area (TPSA) is 38.8 Å². The molecule has 1 aliphatic carbocycles. The SMILES string of the molecule is CCOC(=O)Cc1ccccc1O[C@H]1CC2(CCN(CC(C)C)CC2)c2ccc(Br)cc21. The van der Waals surface area contributed by atoms with Crippen molar-refractivity contribution in [2.75, 3.05) is 26.2 Å². The smallest absolute Gasteiger partial charge is 0.310 e. The lowest BCUT2D eigenvalue weighted by atomic mass is 9.73. The Bertz CT molecular complexity index is 950. The molecule has 0 radical (unpaired) electrons. The first kappa shape index (κ1) is 23.3. The van der Waals surface area contributed by atoms with E-state index in [1.165, 1.54) is 30.5 Å². The maximum atomic E-state index is 12.1. The minimum Gasteiger partial charge on any atom is -0.485 e. The fourth-order valence-corrected chi connectivity index (χ4v) is 5.78. The molecule has 1 heterocycles. The van der Waals surface area contributed by atoms with Gasteiger partial charge in [0, 0.05) is 22.0 Å². The highest BCUT2D eigenvalue weighted by atomic mass is 79.9. The molecule has 4 rings (SSSR count). The van der Waals surface area contributed by atoms with Gasteiger partial charge in [-0.15, -0.1) is 0 Å². The van der Waals surface area contributed by atoms with Crippen LogP contribution in [0, 0.1) is 5.92 Å². The van der Waals surface area contributed by atoms with E-state index in [2.05, 4.69) is 52.9 Å². The summed E-state index contributed by atoms with van der Waals surface area (Å²) in [5.41, 5.74) is 3.78. The van der Waals surface area contributed by atoms with E-state index in [1.54, 1.807) is 0 Å². The zero-order valence-electron chi connectivity index (χ0n) is 19.4. The van der Waals surface area contributed by atoms with Crippen LogP contribution in [0.15, 0.2) is 46.9 Å². The number of carbonyl (C=O) groups excluding carboxylic acids is 1. The molecule has 0 N–H and O–H groups in total. The Morgan fingerprint density at radius 1 is 1.19 bits per heavy atom. The van der Waals surface area contributed by atoms with Gasteiger partial charge in [-0.05, 0) is 74.5 Å². The lowest BCUT2D eigenvalue weighted by Gasteiger charge is -2.40. The van der Waals surface area contributed by atoms with Crippen LogP contribution in [0.3, 0.4) is 0 Å². The predicted octanol–water partition coefficient (Wildman–Crippen LogP) is 6.07. The van der Waals surface area contributed by atoms with Gasteiger partial charge in [0.25, 0.3) is 0 Å². The summed E-state index contributed by atoms with van der Waals surface area (Å²) in [5.74, 6) is 1.26. The standard InChI is InChI=1S/C27H34BrNO3/c1-4-31-26(30)15-20-7-5-6-8-24(20)32-25-17-27(23-10-9-21(28)16-22(23)25)11-13-29(14-12-27)18-19(2)3/h5-10,16,19,25H,4,11-15,17-18H2,1-3H3/t25-/m0/s1. The Morgan fingerprint density at radius 3 is 2.66 bits per heavy atom. The van der Waals surface area contributed by atoms with Crippen molar-refractivity contribution in [2.45, 2.75) is 58.0 Å². The lowest BCUT2D eigenvalue weighted by molar-refractivity contribution is -0.142. The Kier molecular flexibility index (Phi) is 7.26. The van der Waals surface area contributed by atoms with E-state index in [1.807, 2.05) is 31.2 Å². The molecular weight excluding hydrogens is 466 g/mol. The molecule has 0 bridgehead atoms. The van der Waals surface area contributed by atoms with Crippen LogP contribution in [0.4, 0.5) is 0 Å². The van der Waals surface area contributed by atoms with E-state index in [0.717, 1.165) is 35.3 Å². The van der Waals surface area contributed by atoms with E-state index >= 15 is 0 Å². The number of piperidine rings is 1. The lowest BCUT2D eigenvalue weighted by Crippen LogP contribution is -2.43. The monoisotopic (exact) mass is 499 g/mol. The Hall–Kier alpha value is -1.85. The quantitative estimate of drug-likeness (QED) is 0.433. The largest absolute Gasteiger partial charge is 0.485 e. The maximum absolute atomic E-state index is 12.1. The van der Waals surface area contributed by atoms with Crippen molar-refractivity contribution in [1.29, 1.82) is 0 Å². The molecule has 4 nitrogen and oxygen atoms in total. The van der Waals surface area contributed by atoms with E-state index in [-0.39, 0.29) is 23.9 Å². The summed E-state index contributed by atoms with van der Waals surface area (Å²) in [6, 6.07) is 14.5. The fourth-order valence-electron chi connectivity index (χ4n) is 5.40. The molecule has 2 aromatic rings. The number of esters is 1. The third-order valence-electron chi connectivity index (χ3n) is 6.83. The zero-order chi connectivity index (χ0) is 22.7. The molecule has 0 unspecified atom stereocenters. The summed E-state index contributed by atoms with van der Waals surface area (Å²) >= 11 is 3.67. The highest BCUT2D eigenvalue weighted by Crippen LogP contribution is 2.52. The minimum absolute atomic E-state index is 0.0116. The second kappa shape index (κ2) is 9.96. The fraction of sp³-hybridized carbons (Fsp3) is 0.519. The van der Waals surface area contributed by atoms with Crippen LogP contribution in [-0.2, 0) is 21.4 Å². The first-order chi connectivity index (χ1) is 15.4. The van der Waals surface area contributed by atoms with Crippen molar-refractivity contribution in [3.05, 3.63) is 63.6 Å². The maximum Gasteiger partial charge on any atom is 0.310 e. The molecule has 1 spiro atoms. The van der Waals surface area contributed by atoms with Gasteiger partial charge in [-0.25, -0.2) is 0 Å². The van der Waals surface area contributed by atoms with Crippen molar-refractivity contribution in [3.63, 3.8) is 0 Å². The molecule has 32 heavy (non-hydrogen) atoms. The minimum atomic E-state index is -0.216. The number of carbonyl (C=O) groups is 1. The molecule has 1 saturated heterocycles. The Labute approximate surface area is 200 Å². The third kappa shape index (κ3) is 5.04. The summed E-state index contributed by atoms with van der Waals surface area (Å²) in [5, 5.41) is 0. The molecular formula is C27H34BrNO3. The molecule has 1 atom stereocenters. The van der Waals surface area contributed by atoms with Crippen LogP contribution in [0.2, 0.25) is 0 Å². The zero-order valence-corrected chi connectivity index (χ0v) is 21.0. The Morgan fingerprint density at radius 2 is 1.94 bits per heavy atom. The van der Waals surface area contributed by atoms with Gasteiger partial charge in [0.05, 0.1) is 13.0 Å². The van der Waals surface area contributed by atoms with Crippen LogP contribution in [0.25, 0.3) is 0 Å². The third-order valence-corrected chi connectivity index (χ3v) is 7.32. The van der Waals surface area contributed by atoms with Gasteiger partial charge in [0.15, 0.2) is 0 Å². The van der Waals surface area contributed by atoms with Crippen molar-refractivity contribution < 1.29 is 14.3 Å². The first-order valence-electron chi connectivity index (χ1n) is 11.8. The number of benzene rings is 2. The van der Waals surface area contributed by atoms with Gasteiger partial charge in [-0.2, -0.15) is 0 Å². The molecule has 0 aromatic heterocycles. The molecule has 2 aromatic carbocycles. The average molecular weight is 500 g/mol. The second-order valence-corrected chi connectivity index (χ2v) is 10.5. The van der Waals surface area contributed by atoms with Crippen LogP contribution in [0.1, 0.15) is 62.8 Å².